The first-order chi connectivity index (χ1) is 27.9. The number of anilines is 4. The normalized spacial score (nSPS) is 14.1. The van der Waals surface area contributed by atoms with Crippen LogP contribution in [0.25, 0.3) is 11.6 Å². The van der Waals surface area contributed by atoms with Gasteiger partial charge in [0.15, 0.2) is 0 Å². The summed E-state index contributed by atoms with van der Waals surface area (Å²) in [6.45, 7) is 0. The van der Waals surface area contributed by atoms with Crippen LogP contribution in [0.15, 0.2) is 119 Å². The molecule has 18 heteroatoms. The van der Waals surface area contributed by atoms with E-state index in [2.05, 4.69) is 0 Å². The summed E-state index contributed by atoms with van der Waals surface area (Å²) in [5.74, 6) is 0.842. The van der Waals surface area contributed by atoms with Crippen LogP contribution < -0.4 is 30.0 Å². The fourth-order valence-electron chi connectivity index (χ4n) is 6.79. The second-order valence-electron chi connectivity index (χ2n) is 13.9. The molecular weight excluding hydrogens is 816 g/mol. The Morgan fingerprint density at radius 1 is 0.333 bits per heavy atom. The number of benzene rings is 5. The van der Waals surface area contributed by atoms with Gasteiger partial charge in [0.1, 0.15) is 23.3 Å². The molecule has 60 heavy (non-hydrogen) atoms. The average Bonchev–Trinajstić information content (AvgIpc) is 3.76. The van der Waals surface area contributed by atoms with Crippen molar-refractivity contribution in [3.63, 3.8) is 0 Å². The zero-order valence-corrected chi connectivity index (χ0v) is 31.6. The van der Waals surface area contributed by atoms with Crippen LogP contribution in [0.2, 0.25) is 0 Å². The molecule has 7 rings (SSSR count). The molecule has 2 aliphatic heterocycles. The molecule has 0 aromatic heterocycles. The van der Waals surface area contributed by atoms with E-state index in [-0.39, 0.29) is 46.1 Å². The number of fused-ring (bicyclic) bond motifs is 2. The number of amidine groups is 2. The summed E-state index contributed by atoms with van der Waals surface area (Å²) in [6.07, 6.45) is -18.5. The van der Waals surface area contributed by atoms with Crippen molar-refractivity contribution in [3.8, 4) is 0 Å². The van der Waals surface area contributed by atoms with Crippen molar-refractivity contribution >= 4 is 46.1 Å². The Labute approximate surface area is 333 Å². The third-order valence-electron chi connectivity index (χ3n) is 10.1. The van der Waals surface area contributed by atoms with Gasteiger partial charge in [-0.05, 0) is 109 Å². The molecule has 0 aliphatic carbocycles. The number of aliphatic imine (C=N–C) groups is 2. The number of hydrogen-bond donors (Lipinski definition) is 0. The third-order valence-corrected chi connectivity index (χ3v) is 10.1. The van der Waals surface area contributed by atoms with Crippen molar-refractivity contribution in [1.82, 2.24) is 0 Å². The van der Waals surface area contributed by atoms with Gasteiger partial charge in [0.25, 0.3) is 0 Å². The van der Waals surface area contributed by atoms with Crippen LogP contribution in [-0.4, -0.2) is 39.9 Å². The highest BCUT2D eigenvalue weighted by molar-refractivity contribution is 6.18. The lowest BCUT2D eigenvalue weighted by atomic mass is 10.0. The molecular formula is C42H30F12N6. The molecule has 0 unspecified atom stereocenters. The molecule has 2 aliphatic rings. The second-order valence-corrected chi connectivity index (χ2v) is 13.9. The molecule has 0 atom stereocenters. The van der Waals surface area contributed by atoms with Gasteiger partial charge in [0, 0.05) is 72.5 Å². The third kappa shape index (κ3) is 7.85. The summed E-state index contributed by atoms with van der Waals surface area (Å²) in [6, 6.07) is 20.4. The van der Waals surface area contributed by atoms with E-state index in [0.717, 1.165) is 48.5 Å². The topological polar surface area (TPSA) is 37.7 Å². The van der Waals surface area contributed by atoms with Crippen molar-refractivity contribution < 1.29 is 52.7 Å². The van der Waals surface area contributed by atoms with Gasteiger partial charge in [0.05, 0.1) is 22.3 Å². The standard InChI is InChI=1S/C42H30F12N6/c1-57(27-13-5-23(6-14-27)39(43,44)45)35-31-21-33-34(22-32(31)36(55-35)58(2)28-15-7-24(8-16-28)40(46,47)48)38(60(4)30-19-11-26(12-20-30)42(52,53)54)56-37(33)59(3)29-17-9-25(10-18-29)41(49,50)51/h5-22H,1-4H3. The molecule has 0 amide bonds. The Bertz CT molecular complexity index is 2440. The highest BCUT2D eigenvalue weighted by atomic mass is 19.4. The number of hydrogen-bond acceptors (Lipinski definition) is 6. The molecule has 2 heterocycles. The zero-order valence-electron chi connectivity index (χ0n) is 31.6. The van der Waals surface area contributed by atoms with Crippen LogP contribution in [-0.2, 0) is 24.7 Å². The highest BCUT2D eigenvalue weighted by Gasteiger charge is 2.35. The van der Waals surface area contributed by atoms with Crippen molar-refractivity contribution in [2.24, 2.45) is 9.98 Å². The van der Waals surface area contributed by atoms with Crippen LogP contribution >= 0.6 is 0 Å². The van der Waals surface area contributed by atoms with Crippen molar-refractivity contribution in [2.45, 2.75) is 24.7 Å². The summed E-state index contributed by atoms with van der Waals surface area (Å²) in [7, 11) is 6.22. The predicted molar refractivity (Wildman–Crippen MR) is 205 cm³/mol. The summed E-state index contributed by atoms with van der Waals surface area (Å²) in [5, 5.41) is 0.800. The fraction of sp³-hybridized carbons (Fsp3) is 0.190. The quantitative estimate of drug-likeness (QED) is 0.160. The van der Waals surface area contributed by atoms with Gasteiger partial charge in [0.2, 0.25) is 0 Å². The lowest BCUT2D eigenvalue weighted by Crippen LogP contribution is -2.35. The van der Waals surface area contributed by atoms with Crippen LogP contribution in [0, 0.1) is 0 Å². The van der Waals surface area contributed by atoms with Crippen LogP contribution in [0.1, 0.15) is 33.4 Å². The molecule has 0 N–H and O–H groups in total. The summed E-state index contributed by atoms with van der Waals surface area (Å²) >= 11 is 0. The number of halogens is 12. The molecule has 312 valence electrons. The minimum Gasteiger partial charge on any atom is -0.329 e. The Morgan fingerprint density at radius 3 is 0.767 bits per heavy atom. The van der Waals surface area contributed by atoms with E-state index in [0.29, 0.717) is 21.6 Å². The van der Waals surface area contributed by atoms with Gasteiger partial charge in [-0.15, -0.1) is 0 Å². The minimum absolute atomic E-state index is 0.211. The monoisotopic (exact) mass is 846 g/mol. The zero-order chi connectivity index (χ0) is 43.7. The molecule has 5 aromatic rings. The van der Waals surface area contributed by atoms with Gasteiger partial charge < -0.3 is 19.6 Å². The van der Waals surface area contributed by atoms with Gasteiger partial charge in [-0.25, -0.2) is 9.98 Å². The van der Waals surface area contributed by atoms with E-state index in [1.807, 2.05) is 0 Å². The van der Waals surface area contributed by atoms with E-state index in [4.69, 9.17) is 9.98 Å². The first-order valence-electron chi connectivity index (χ1n) is 17.7. The average molecular weight is 847 g/mol. The molecule has 5 aromatic carbocycles. The van der Waals surface area contributed by atoms with Gasteiger partial charge >= 0.3 is 24.7 Å². The number of rotatable bonds is 6. The van der Waals surface area contributed by atoms with Crippen molar-refractivity contribution in [3.05, 3.63) is 153 Å². The maximum atomic E-state index is 13.5. The van der Waals surface area contributed by atoms with Gasteiger partial charge in [-0.1, -0.05) is 0 Å². The van der Waals surface area contributed by atoms with Gasteiger partial charge in [-0.2, -0.15) is 52.7 Å². The van der Waals surface area contributed by atoms with Crippen LogP contribution in [0.4, 0.5) is 75.4 Å². The summed E-state index contributed by atoms with van der Waals surface area (Å²) < 4.78 is 162. The predicted octanol–water partition coefficient (Wildman–Crippen LogP) is 9.96. The second kappa shape index (κ2) is 14.7. The lowest BCUT2D eigenvalue weighted by Gasteiger charge is -2.22. The highest BCUT2D eigenvalue weighted by Crippen LogP contribution is 2.36. The molecule has 0 bridgehead atoms. The summed E-state index contributed by atoms with van der Waals surface area (Å²) in [5.41, 5.74) is -1.63. The molecule has 0 saturated carbocycles. The number of nitrogens with zero attached hydrogens (tertiary/aromatic N) is 6. The van der Waals surface area contributed by atoms with E-state index >= 15 is 0 Å². The van der Waals surface area contributed by atoms with E-state index < -0.39 is 47.0 Å². The fourth-order valence-corrected chi connectivity index (χ4v) is 6.79. The van der Waals surface area contributed by atoms with Gasteiger partial charge in [-0.3, -0.25) is 0 Å². The Kier molecular flexibility index (Phi) is 10.2. The van der Waals surface area contributed by atoms with Crippen LogP contribution in [0.5, 0.6) is 0 Å². The van der Waals surface area contributed by atoms with E-state index in [1.165, 1.54) is 68.1 Å². The molecule has 0 radical (unpaired) electrons. The Morgan fingerprint density at radius 2 is 0.550 bits per heavy atom. The van der Waals surface area contributed by atoms with Crippen molar-refractivity contribution in [2.75, 3.05) is 47.8 Å². The van der Waals surface area contributed by atoms with Crippen molar-refractivity contribution in [1.29, 1.82) is 0 Å². The first kappa shape index (κ1) is 41.7. The summed E-state index contributed by atoms with van der Waals surface area (Å²) in [4.78, 5) is 15.8. The SMILES string of the molecule is CN(C1=NC(N(C)c2ccc(C(F)(F)F)cc2)=c2cc3c(cc21)=C(N(C)c1ccc(C(F)(F)F)cc1)N=C3N(C)c1ccc(C(F)(F)F)cc1)c1ccc(C(F)(F)F)cc1. The number of alkyl halides is 12. The maximum absolute atomic E-state index is 13.5. The Balaban J connectivity index is 1.43. The molecule has 6 nitrogen and oxygen atoms in total. The van der Waals surface area contributed by atoms with E-state index in [1.54, 1.807) is 40.3 Å². The largest absolute Gasteiger partial charge is 0.416 e. The molecule has 0 fully saturated rings. The van der Waals surface area contributed by atoms with Crippen LogP contribution in [0.3, 0.4) is 0 Å². The maximum Gasteiger partial charge on any atom is 0.416 e. The van der Waals surface area contributed by atoms with E-state index in [9.17, 15) is 52.7 Å². The molecule has 0 saturated heterocycles. The molecule has 0 spiro atoms. The minimum atomic E-state index is -4.61. The lowest BCUT2D eigenvalue weighted by molar-refractivity contribution is -0.138. The first-order valence-corrected chi connectivity index (χ1v) is 17.7. The smallest absolute Gasteiger partial charge is 0.329 e. The Hall–Kier alpha value is -6.46.